The van der Waals surface area contributed by atoms with Crippen molar-refractivity contribution in [1.29, 1.82) is 0 Å². The standard InChI is InChI=1S/C22H30N2O2/c1-4-7-18-17(10-13-24-11-5-6-12-24)19-14-16(22(2,3)25)8-9-21(19)26-15-20(18)23/h4,7-10,14,20,25H,1,5-6,11-13,15,23H2,2-3H3/b17-10+,18-7-. The molecule has 1 fully saturated rings. The van der Waals surface area contributed by atoms with E-state index in [1.807, 2.05) is 24.3 Å². The molecular formula is C22H30N2O2. The van der Waals surface area contributed by atoms with Crippen LogP contribution in [0.15, 0.2) is 48.6 Å². The lowest BCUT2D eigenvalue weighted by Crippen LogP contribution is -2.29. The molecule has 1 atom stereocenters. The second-order valence-corrected chi connectivity index (χ2v) is 7.67. The molecular weight excluding hydrogens is 324 g/mol. The first-order chi connectivity index (χ1) is 12.4. The maximum absolute atomic E-state index is 10.4. The Bertz CT molecular complexity index is 722. The number of ether oxygens (including phenoxy) is 1. The zero-order valence-corrected chi connectivity index (χ0v) is 15.9. The van der Waals surface area contributed by atoms with Crippen LogP contribution < -0.4 is 10.5 Å². The van der Waals surface area contributed by atoms with Crippen LogP contribution in [0.3, 0.4) is 0 Å². The summed E-state index contributed by atoms with van der Waals surface area (Å²) in [5.74, 6) is 0.814. The minimum absolute atomic E-state index is 0.212. The first-order valence-electron chi connectivity index (χ1n) is 9.41. The minimum atomic E-state index is -0.911. The van der Waals surface area contributed by atoms with Gasteiger partial charge in [-0.05, 0) is 68.6 Å². The molecule has 1 unspecified atom stereocenters. The Hall–Kier alpha value is -1.88. The van der Waals surface area contributed by atoms with Crippen molar-refractivity contribution in [3.63, 3.8) is 0 Å². The van der Waals surface area contributed by atoms with Crippen LogP contribution in [0.4, 0.5) is 0 Å². The fourth-order valence-electron chi connectivity index (χ4n) is 3.63. The molecule has 0 spiro atoms. The van der Waals surface area contributed by atoms with Crippen LogP contribution in [-0.2, 0) is 5.60 Å². The summed E-state index contributed by atoms with van der Waals surface area (Å²) in [5, 5.41) is 10.4. The predicted octanol–water partition coefficient (Wildman–Crippen LogP) is 3.23. The second-order valence-electron chi connectivity index (χ2n) is 7.67. The highest BCUT2D eigenvalue weighted by atomic mass is 16.5. The molecule has 2 aliphatic rings. The fraction of sp³-hybridized carbons (Fsp3) is 0.455. The number of allylic oxidation sites excluding steroid dienone is 2. The van der Waals surface area contributed by atoms with Crippen LogP contribution in [0.25, 0.3) is 5.57 Å². The Labute approximate surface area is 156 Å². The van der Waals surface area contributed by atoms with Gasteiger partial charge in [0.15, 0.2) is 0 Å². The monoisotopic (exact) mass is 354 g/mol. The van der Waals surface area contributed by atoms with Crippen molar-refractivity contribution >= 4 is 5.57 Å². The second kappa shape index (κ2) is 7.78. The van der Waals surface area contributed by atoms with Gasteiger partial charge in [0.25, 0.3) is 0 Å². The fourth-order valence-corrected chi connectivity index (χ4v) is 3.63. The minimum Gasteiger partial charge on any atom is -0.491 e. The number of likely N-dealkylation sites (tertiary alicyclic amines) is 1. The Balaban J connectivity index is 2.08. The molecule has 2 heterocycles. The molecule has 1 saturated heterocycles. The van der Waals surface area contributed by atoms with E-state index in [4.69, 9.17) is 10.5 Å². The molecule has 2 aliphatic heterocycles. The third-order valence-corrected chi connectivity index (χ3v) is 5.15. The molecule has 0 radical (unpaired) electrons. The molecule has 3 N–H and O–H groups in total. The van der Waals surface area contributed by atoms with E-state index in [-0.39, 0.29) is 6.04 Å². The highest BCUT2D eigenvalue weighted by Crippen LogP contribution is 2.38. The number of benzene rings is 1. The number of aliphatic hydroxyl groups is 1. The normalized spacial score (nSPS) is 24.4. The van der Waals surface area contributed by atoms with Crippen LogP contribution in [0.1, 0.15) is 37.8 Å². The molecule has 4 heteroatoms. The molecule has 26 heavy (non-hydrogen) atoms. The third-order valence-electron chi connectivity index (χ3n) is 5.15. The summed E-state index contributed by atoms with van der Waals surface area (Å²) in [6.45, 7) is 11.1. The van der Waals surface area contributed by atoms with Crippen molar-refractivity contribution in [2.45, 2.75) is 38.3 Å². The Morgan fingerprint density at radius 2 is 2.08 bits per heavy atom. The van der Waals surface area contributed by atoms with E-state index in [2.05, 4.69) is 17.6 Å². The van der Waals surface area contributed by atoms with E-state index in [1.54, 1.807) is 19.9 Å². The smallest absolute Gasteiger partial charge is 0.127 e. The Morgan fingerprint density at radius 1 is 1.35 bits per heavy atom. The molecule has 140 valence electrons. The van der Waals surface area contributed by atoms with Crippen LogP contribution in [0.2, 0.25) is 0 Å². The molecule has 4 nitrogen and oxygen atoms in total. The lowest BCUT2D eigenvalue weighted by atomic mass is 9.89. The van der Waals surface area contributed by atoms with Gasteiger partial charge in [0.1, 0.15) is 12.4 Å². The van der Waals surface area contributed by atoms with Gasteiger partial charge in [0, 0.05) is 12.1 Å². The van der Waals surface area contributed by atoms with Gasteiger partial charge in [0.2, 0.25) is 0 Å². The van der Waals surface area contributed by atoms with E-state index < -0.39 is 5.60 Å². The summed E-state index contributed by atoms with van der Waals surface area (Å²) in [5.41, 5.74) is 9.46. The van der Waals surface area contributed by atoms with Crippen LogP contribution >= 0.6 is 0 Å². The van der Waals surface area contributed by atoms with Gasteiger partial charge in [-0.2, -0.15) is 0 Å². The maximum Gasteiger partial charge on any atom is 0.127 e. The van der Waals surface area contributed by atoms with Gasteiger partial charge in [0.05, 0.1) is 11.6 Å². The van der Waals surface area contributed by atoms with E-state index in [0.29, 0.717) is 6.61 Å². The Morgan fingerprint density at radius 3 is 2.73 bits per heavy atom. The third kappa shape index (κ3) is 4.09. The first kappa shape index (κ1) is 18.9. The SMILES string of the molecule is C=C/C=C1/C(=C\CN2CCCC2)c2cc(C(C)(C)O)ccc2OCC1N. The Kier molecular flexibility index (Phi) is 5.66. The van der Waals surface area contributed by atoms with E-state index in [9.17, 15) is 5.11 Å². The largest absolute Gasteiger partial charge is 0.491 e. The summed E-state index contributed by atoms with van der Waals surface area (Å²) in [4.78, 5) is 2.45. The van der Waals surface area contributed by atoms with Gasteiger partial charge in [-0.15, -0.1) is 0 Å². The molecule has 3 rings (SSSR count). The lowest BCUT2D eigenvalue weighted by molar-refractivity contribution is 0.0785. The number of nitrogens with two attached hydrogens (primary N) is 1. The van der Waals surface area contributed by atoms with E-state index in [0.717, 1.165) is 47.7 Å². The van der Waals surface area contributed by atoms with Crippen molar-refractivity contribution in [3.05, 3.63) is 59.7 Å². The topological polar surface area (TPSA) is 58.7 Å². The summed E-state index contributed by atoms with van der Waals surface area (Å²) < 4.78 is 5.97. The maximum atomic E-state index is 10.4. The van der Waals surface area contributed by atoms with Crippen LogP contribution in [0.5, 0.6) is 5.75 Å². The highest BCUT2D eigenvalue weighted by molar-refractivity contribution is 5.84. The van der Waals surface area contributed by atoms with Crippen molar-refractivity contribution in [2.24, 2.45) is 5.73 Å². The van der Waals surface area contributed by atoms with Gasteiger partial charge in [-0.3, -0.25) is 4.90 Å². The van der Waals surface area contributed by atoms with Crippen molar-refractivity contribution in [2.75, 3.05) is 26.2 Å². The summed E-state index contributed by atoms with van der Waals surface area (Å²) in [7, 11) is 0. The van der Waals surface area contributed by atoms with Crippen molar-refractivity contribution < 1.29 is 9.84 Å². The van der Waals surface area contributed by atoms with Gasteiger partial charge >= 0.3 is 0 Å². The molecule has 0 saturated carbocycles. The number of nitrogens with zero attached hydrogens (tertiary/aromatic N) is 1. The van der Waals surface area contributed by atoms with Crippen molar-refractivity contribution in [1.82, 2.24) is 4.90 Å². The molecule has 1 aromatic rings. The van der Waals surface area contributed by atoms with Gasteiger partial charge < -0.3 is 15.6 Å². The molecule has 1 aromatic carbocycles. The quantitative estimate of drug-likeness (QED) is 0.872. The summed E-state index contributed by atoms with van der Waals surface area (Å²) >= 11 is 0. The zero-order valence-electron chi connectivity index (χ0n) is 15.9. The van der Waals surface area contributed by atoms with Crippen molar-refractivity contribution in [3.8, 4) is 5.75 Å². The lowest BCUT2D eigenvalue weighted by Gasteiger charge is -2.21. The van der Waals surface area contributed by atoms with Crippen LogP contribution in [-0.4, -0.2) is 42.3 Å². The van der Waals surface area contributed by atoms with E-state index in [1.165, 1.54) is 12.8 Å². The zero-order chi connectivity index (χ0) is 18.7. The van der Waals surface area contributed by atoms with Crippen LogP contribution in [0, 0.1) is 0 Å². The number of hydrogen-bond acceptors (Lipinski definition) is 4. The molecule has 0 bridgehead atoms. The van der Waals surface area contributed by atoms with Gasteiger partial charge in [-0.1, -0.05) is 30.9 Å². The average molecular weight is 354 g/mol. The number of rotatable bonds is 4. The predicted molar refractivity (Wildman–Crippen MR) is 107 cm³/mol. The number of fused-ring (bicyclic) bond motifs is 1. The number of hydrogen-bond donors (Lipinski definition) is 2. The summed E-state index contributed by atoms with van der Waals surface area (Å²) in [6, 6.07) is 5.68. The highest BCUT2D eigenvalue weighted by Gasteiger charge is 2.26. The molecule has 0 amide bonds. The first-order valence-corrected chi connectivity index (χ1v) is 9.41. The molecule has 0 aromatic heterocycles. The average Bonchev–Trinajstić information content (AvgIpc) is 3.07. The van der Waals surface area contributed by atoms with Gasteiger partial charge in [-0.25, -0.2) is 0 Å². The summed E-state index contributed by atoms with van der Waals surface area (Å²) in [6.07, 6.45) is 8.54. The molecule has 0 aliphatic carbocycles. The van der Waals surface area contributed by atoms with E-state index >= 15 is 0 Å².